The Hall–Kier alpha value is -2.56. The molecule has 3 N–H and O–H groups in total. The van der Waals surface area contributed by atoms with Gasteiger partial charge in [0, 0.05) is 11.8 Å². The maximum Gasteiger partial charge on any atom is 0.244 e. The summed E-state index contributed by atoms with van der Waals surface area (Å²) >= 11 is 0. The standard InChI is InChI=1S/C16H17FN2O2/c1-10-6-7-11(17)8-14(10)15(16(18)20)19-12-4-3-5-13(9-12)21-2/h3-9,15,19H,1-2H3,(H2,18,20). The van der Waals surface area contributed by atoms with Crippen molar-refractivity contribution in [2.45, 2.75) is 13.0 Å². The van der Waals surface area contributed by atoms with Gasteiger partial charge in [0.2, 0.25) is 5.91 Å². The van der Waals surface area contributed by atoms with Crippen molar-refractivity contribution in [3.63, 3.8) is 0 Å². The summed E-state index contributed by atoms with van der Waals surface area (Å²) in [4.78, 5) is 11.7. The molecule has 110 valence electrons. The highest BCUT2D eigenvalue weighted by Crippen LogP contribution is 2.25. The molecule has 1 unspecified atom stereocenters. The molecule has 0 saturated carbocycles. The first-order valence-corrected chi connectivity index (χ1v) is 6.47. The number of hydrogen-bond donors (Lipinski definition) is 2. The van der Waals surface area contributed by atoms with E-state index in [0.29, 0.717) is 17.0 Å². The lowest BCUT2D eigenvalue weighted by Gasteiger charge is -2.19. The largest absolute Gasteiger partial charge is 0.497 e. The quantitative estimate of drug-likeness (QED) is 0.889. The highest BCUT2D eigenvalue weighted by Gasteiger charge is 2.20. The summed E-state index contributed by atoms with van der Waals surface area (Å²) in [5, 5.41) is 3.02. The second kappa shape index (κ2) is 6.26. The number of benzene rings is 2. The molecule has 1 amide bonds. The molecule has 0 bridgehead atoms. The first-order chi connectivity index (χ1) is 10.0. The molecule has 1 atom stereocenters. The van der Waals surface area contributed by atoms with E-state index >= 15 is 0 Å². The van der Waals surface area contributed by atoms with E-state index in [9.17, 15) is 9.18 Å². The maximum atomic E-state index is 13.4. The van der Waals surface area contributed by atoms with Gasteiger partial charge >= 0.3 is 0 Å². The number of carbonyl (C=O) groups excluding carboxylic acids is 1. The molecule has 2 aromatic carbocycles. The first kappa shape index (κ1) is 14.8. The highest BCUT2D eigenvalue weighted by atomic mass is 19.1. The number of nitrogens with one attached hydrogen (secondary N) is 1. The van der Waals surface area contributed by atoms with Crippen LogP contribution in [0, 0.1) is 12.7 Å². The Morgan fingerprint density at radius 3 is 2.71 bits per heavy atom. The molecule has 4 nitrogen and oxygen atoms in total. The second-order valence-electron chi connectivity index (χ2n) is 4.71. The van der Waals surface area contributed by atoms with Gasteiger partial charge < -0.3 is 15.8 Å². The van der Waals surface area contributed by atoms with Crippen LogP contribution in [0.3, 0.4) is 0 Å². The zero-order chi connectivity index (χ0) is 15.4. The average Bonchev–Trinajstić information content (AvgIpc) is 2.47. The molecule has 0 saturated heterocycles. The van der Waals surface area contributed by atoms with Crippen molar-refractivity contribution in [3.8, 4) is 5.75 Å². The predicted molar refractivity (Wildman–Crippen MR) is 79.7 cm³/mol. The normalized spacial score (nSPS) is 11.8. The third kappa shape index (κ3) is 3.51. The third-order valence-corrected chi connectivity index (χ3v) is 3.22. The first-order valence-electron chi connectivity index (χ1n) is 6.47. The van der Waals surface area contributed by atoms with Gasteiger partial charge in [-0.1, -0.05) is 12.1 Å². The summed E-state index contributed by atoms with van der Waals surface area (Å²) < 4.78 is 18.6. The number of amides is 1. The minimum atomic E-state index is -0.812. The Balaban J connectivity index is 2.35. The molecule has 2 rings (SSSR count). The SMILES string of the molecule is COc1cccc(NC(C(N)=O)c2cc(F)ccc2C)c1. The molecule has 0 aliphatic rings. The summed E-state index contributed by atoms with van der Waals surface area (Å²) in [6.07, 6.45) is 0. The molecule has 0 heterocycles. The van der Waals surface area contributed by atoms with E-state index < -0.39 is 17.8 Å². The Kier molecular flexibility index (Phi) is 4.42. The molecular formula is C16H17FN2O2. The minimum Gasteiger partial charge on any atom is -0.497 e. The van der Waals surface area contributed by atoms with Gasteiger partial charge in [0.1, 0.15) is 17.6 Å². The fourth-order valence-corrected chi connectivity index (χ4v) is 2.10. The van der Waals surface area contributed by atoms with Crippen LogP contribution in [0.25, 0.3) is 0 Å². The van der Waals surface area contributed by atoms with Gasteiger partial charge in [0.05, 0.1) is 7.11 Å². The molecule has 0 aliphatic carbocycles. The zero-order valence-electron chi connectivity index (χ0n) is 11.9. The Morgan fingerprint density at radius 2 is 2.05 bits per heavy atom. The molecule has 0 spiro atoms. The lowest BCUT2D eigenvalue weighted by molar-refractivity contribution is -0.118. The number of aryl methyl sites for hydroxylation is 1. The van der Waals surface area contributed by atoms with Crippen molar-refractivity contribution in [1.29, 1.82) is 0 Å². The number of primary amides is 1. The van der Waals surface area contributed by atoms with Gasteiger partial charge in [-0.2, -0.15) is 0 Å². The fourth-order valence-electron chi connectivity index (χ4n) is 2.10. The van der Waals surface area contributed by atoms with Crippen molar-refractivity contribution >= 4 is 11.6 Å². The van der Waals surface area contributed by atoms with Crippen LogP contribution in [-0.2, 0) is 4.79 Å². The summed E-state index contributed by atoms with van der Waals surface area (Å²) in [5.41, 5.74) is 7.43. The van der Waals surface area contributed by atoms with E-state index in [2.05, 4.69) is 5.32 Å². The molecule has 2 aromatic rings. The summed E-state index contributed by atoms with van der Waals surface area (Å²) in [5.74, 6) is -0.333. The third-order valence-electron chi connectivity index (χ3n) is 3.22. The lowest BCUT2D eigenvalue weighted by atomic mass is 10.00. The van der Waals surface area contributed by atoms with Crippen LogP contribution < -0.4 is 15.8 Å². The number of rotatable bonds is 5. The maximum absolute atomic E-state index is 13.4. The number of ether oxygens (including phenoxy) is 1. The zero-order valence-corrected chi connectivity index (χ0v) is 11.9. The van der Waals surface area contributed by atoms with Gasteiger partial charge in [-0.3, -0.25) is 4.79 Å². The van der Waals surface area contributed by atoms with Crippen LogP contribution in [0.5, 0.6) is 5.75 Å². The van der Waals surface area contributed by atoms with Crippen LogP contribution >= 0.6 is 0 Å². The number of methoxy groups -OCH3 is 1. The Morgan fingerprint density at radius 1 is 1.29 bits per heavy atom. The van der Waals surface area contributed by atoms with Crippen molar-refractivity contribution < 1.29 is 13.9 Å². The fraction of sp³-hybridized carbons (Fsp3) is 0.188. The van der Waals surface area contributed by atoms with Gasteiger partial charge in [-0.15, -0.1) is 0 Å². The van der Waals surface area contributed by atoms with E-state index in [0.717, 1.165) is 5.56 Å². The van der Waals surface area contributed by atoms with Crippen molar-refractivity contribution in [2.75, 3.05) is 12.4 Å². The molecule has 21 heavy (non-hydrogen) atoms. The van der Waals surface area contributed by atoms with E-state index in [1.165, 1.54) is 12.1 Å². The molecule has 0 aromatic heterocycles. The number of anilines is 1. The number of nitrogens with two attached hydrogens (primary N) is 1. The van der Waals surface area contributed by atoms with Crippen molar-refractivity contribution in [3.05, 3.63) is 59.4 Å². The molecular weight excluding hydrogens is 271 g/mol. The van der Waals surface area contributed by atoms with E-state index in [-0.39, 0.29) is 0 Å². The van der Waals surface area contributed by atoms with Gasteiger partial charge in [-0.25, -0.2) is 4.39 Å². The number of halogens is 1. The van der Waals surface area contributed by atoms with Gasteiger partial charge in [0.25, 0.3) is 0 Å². The summed E-state index contributed by atoms with van der Waals surface area (Å²) in [6.45, 7) is 1.80. The van der Waals surface area contributed by atoms with Crippen LogP contribution in [-0.4, -0.2) is 13.0 Å². The van der Waals surface area contributed by atoms with Crippen LogP contribution in [0.1, 0.15) is 17.2 Å². The van der Waals surface area contributed by atoms with Crippen LogP contribution in [0.4, 0.5) is 10.1 Å². The van der Waals surface area contributed by atoms with E-state index in [1.807, 2.05) is 0 Å². The summed E-state index contributed by atoms with van der Waals surface area (Å²) in [6, 6.07) is 10.6. The molecule has 0 aliphatic heterocycles. The van der Waals surface area contributed by atoms with E-state index in [1.54, 1.807) is 44.4 Å². The monoisotopic (exact) mass is 288 g/mol. The van der Waals surface area contributed by atoms with Gasteiger partial charge in [0.15, 0.2) is 0 Å². The average molecular weight is 288 g/mol. The Labute approximate surface area is 122 Å². The number of carbonyl (C=O) groups is 1. The topological polar surface area (TPSA) is 64.3 Å². The van der Waals surface area contributed by atoms with Crippen LogP contribution in [0.2, 0.25) is 0 Å². The second-order valence-corrected chi connectivity index (χ2v) is 4.71. The van der Waals surface area contributed by atoms with Crippen LogP contribution in [0.15, 0.2) is 42.5 Å². The predicted octanol–water partition coefficient (Wildman–Crippen LogP) is 2.78. The van der Waals surface area contributed by atoms with E-state index in [4.69, 9.17) is 10.5 Å². The van der Waals surface area contributed by atoms with Gasteiger partial charge in [-0.05, 0) is 42.3 Å². The molecule has 5 heteroatoms. The Bertz CT molecular complexity index is 658. The van der Waals surface area contributed by atoms with Crippen molar-refractivity contribution in [2.24, 2.45) is 5.73 Å². The molecule has 0 fully saturated rings. The van der Waals surface area contributed by atoms with Crippen molar-refractivity contribution in [1.82, 2.24) is 0 Å². The number of hydrogen-bond acceptors (Lipinski definition) is 3. The smallest absolute Gasteiger partial charge is 0.244 e. The summed E-state index contributed by atoms with van der Waals surface area (Å²) in [7, 11) is 1.56. The lowest BCUT2D eigenvalue weighted by Crippen LogP contribution is -2.28. The molecule has 0 radical (unpaired) electrons. The minimum absolute atomic E-state index is 0.408. The highest BCUT2D eigenvalue weighted by molar-refractivity contribution is 5.85.